The standard InChI is InChI=1S/C19H24ClN/c1-4-21-13-18(16-8-5-14(2)6-9-16)12-17-10-7-15(3)11-19(17)20/h5-11,18,21H,4,12-13H2,1-3H3. The molecule has 0 aliphatic heterocycles. The third-order valence-electron chi connectivity index (χ3n) is 3.86. The second-order valence-corrected chi connectivity index (χ2v) is 6.12. The summed E-state index contributed by atoms with van der Waals surface area (Å²) in [6, 6.07) is 15.2. The molecule has 0 radical (unpaired) electrons. The van der Waals surface area contributed by atoms with Gasteiger partial charge in [0.25, 0.3) is 0 Å². The van der Waals surface area contributed by atoms with Crippen molar-refractivity contribution in [3.63, 3.8) is 0 Å². The van der Waals surface area contributed by atoms with Crippen LogP contribution < -0.4 is 5.32 Å². The van der Waals surface area contributed by atoms with Crippen LogP contribution in [0.5, 0.6) is 0 Å². The van der Waals surface area contributed by atoms with Crippen molar-refractivity contribution in [3.8, 4) is 0 Å². The summed E-state index contributed by atoms with van der Waals surface area (Å²) in [5.74, 6) is 0.450. The van der Waals surface area contributed by atoms with Crippen LogP contribution in [-0.2, 0) is 6.42 Å². The Morgan fingerprint density at radius 2 is 1.67 bits per heavy atom. The Kier molecular flexibility index (Phi) is 5.84. The summed E-state index contributed by atoms with van der Waals surface area (Å²) in [5, 5.41) is 4.35. The van der Waals surface area contributed by atoms with Crippen molar-refractivity contribution in [3.05, 3.63) is 69.7 Å². The van der Waals surface area contributed by atoms with Gasteiger partial charge in [0, 0.05) is 17.5 Å². The predicted octanol–water partition coefficient (Wildman–Crippen LogP) is 4.89. The summed E-state index contributed by atoms with van der Waals surface area (Å²) in [4.78, 5) is 0. The molecule has 2 rings (SSSR count). The van der Waals surface area contributed by atoms with E-state index in [4.69, 9.17) is 11.6 Å². The van der Waals surface area contributed by atoms with Gasteiger partial charge in [-0.1, -0.05) is 60.5 Å². The number of aryl methyl sites for hydroxylation is 2. The molecule has 0 fully saturated rings. The van der Waals surface area contributed by atoms with Crippen LogP contribution in [0.15, 0.2) is 42.5 Å². The highest BCUT2D eigenvalue weighted by Gasteiger charge is 2.14. The molecule has 1 nitrogen and oxygen atoms in total. The van der Waals surface area contributed by atoms with E-state index in [0.717, 1.165) is 24.5 Å². The summed E-state index contributed by atoms with van der Waals surface area (Å²) >= 11 is 6.40. The first kappa shape index (κ1) is 16.1. The van der Waals surface area contributed by atoms with Gasteiger partial charge in [-0.2, -0.15) is 0 Å². The monoisotopic (exact) mass is 301 g/mol. The molecule has 0 aromatic heterocycles. The number of benzene rings is 2. The molecule has 0 saturated heterocycles. The molecule has 0 aliphatic carbocycles. The minimum absolute atomic E-state index is 0.450. The zero-order valence-corrected chi connectivity index (χ0v) is 13.9. The van der Waals surface area contributed by atoms with Crippen molar-refractivity contribution in [1.29, 1.82) is 0 Å². The van der Waals surface area contributed by atoms with E-state index < -0.39 is 0 Å². The fraction of sp³-hybridized carbons (Fsp3) is 0.368. The summed E-state index contributed by atoms with van der Waals surface area (Å²) in [6.45, 7) is 8.31. The number of hydrogen-bond donors (Lipinski definition) is 1. The zero-order chi connectivity index (χ0) is 15.2. The van der Waals surface area contributed by atoms with E-state index in [1.54, 1.807) is 0 Å². The highest BCUT2D eigenvalue weighted by molar-refractivity contribution is 6.31. The SMILES string of the molecule is CCNCC(Cc1ccc(C)cc1Cl)c1ccc(C)cc1. The van der Waals surface area contributed by atoms with E-state index in [2.05, 4.69) is 68.6 Å². The smallest absolute Gasteiger partial charge is 0.0440 e. The van der Waals surface area contributed by atoms with Crippen molar-refractivity contribution in [2.24, 2.45) is 0 Å². The Balaban J connectivity index is 2.21. The van der Waals surface area contributed by atoms with Gasteiger partial charge in [0.1, 0.15) is 0 Å². The fourth-order valence-corrected chi connectivity index (χ4v) is 2.86. The Bertz CT molecular complexity index is 575. The molecular formula is C19H24ClN. The van der Waals surface area contributed by atoms with Crippen LogP contribution in [0.1, 0.15) is 35.1 Å². The first-order valence-electron chi connectivity index (χ1n) is 7.62. The van der Waals surface area contributed by atoms with Crippen molar-refractivity contribution in [2.75, 3.05) is 13.1 Å². The quantitative estimate of drug-likeness (QED) is 0.801. The molecule has 0 saturated carbocycles. The second kappa shape index (κ2) is 7.63. The minimum atomic E-state index is 0.450. The zero-order valence-electron chi connectivity index (χ0n) is 13.1. The number of nitrogens with one attached hydrogen (secondary N) is 1. The van der Waals surface area contributed by atoms with Crippen LogP contribution in [0.25, 0.3) is 0 Å². The van der Waals surface area contributed by atoms with Gasteiger partial charge in [-0.05, 0) is 49.6 Å². The Morgan fingerprint density at radius 3 is 2.29 bits per heavy atom. The number of likely N-dealkylation sites (N-methyl/N-ethyl adjacent to an activating group) is 1. The predicted molar refractivity (Wildman–Crippen MR) is 92.4 cm³/mol. The first-order valence-corrected chi connectivity index (χ1v) is 8.00. The number of rotatable bonds is 6. The molecule has 0 spiro atoms. The van der Waals surface area contributed by atoms with Gasteiger partial charge in [-0.15, -0.1) is 0 Å². The topological polar surface area (TPSA) is 12.0 Å². The lowest BCUT2D eigenvalue weighted by atomic mass is 9.91. The lowest BCUT2D eigenvalue weighted by Crippen LogP contribution is -2.22. The molecule has 0 bridgehead atoms. The van der Waals surface area contributed by atoms with Crippen molar-refractivity contribution in [1.82, 2.24) is 5.32 Å². The maximum absolute atomic E-state index is 6.40. The van der Waals surface area contributed by atoms with E-state index in [0.29, 0.717) is 5.92 Å². The van der Waals surface area contributed by atoms with Gasteiger partial charge in [-0.25, -0.2) is 0 Å². The fourth-order valence-electron chi connectivity index (χ4n) is 2.55. The summed E-state index contributed by atoms with van der Waals surface area (Å²) in [6.07, 6.45) is 0.967. The molecule has 2 heteroatoms. The van der Waals surface area contributed by atoms with Crippen LogP contribution in [0, 0.1) is 13.8 Å². The van der Waals surface area contributed by atoms with E-state index in [-0.39, 0.29) is 0 Å². The maximum atomic E-state index is 6.40. The Morgan fingerprint density at radius 1 is 1.00 bits per heavy atom. The average molecular weight is 302 g/mol. The van der Waals surface area contributed by atoms with Gasteiger partial charge >= 0.3 is 0 Å². The molecule has 2 aromatic carbocycles. The van der Waals surface area contributed by atoms with Gasteiger partial charge < -0.3 is 5.32 Å². The normalized spacial score (nSPS) is 12.4. The summed E-state index contributed by atoms with van der Waals surface area (Å²) in [7, 11) is 0. The third kappa shape index (κ3) is 4.59. The first-order chi connectivity index (χ1) is 10.1. The van der Waals surface area contributed by atoms with Crippen LogP contribution in [0.2, 0.25) is 5.02 Å². The van der Waals surface area contributed by atoms with Crippen molar-refractivity contribution < 1.29 is 0 Å². The van der Waals surface area contributed by atoms with E-state index in [1.807, 2.05) is 0 Å². The molecular weight excluding hydrogens is 278 g/mol. The van der Waals surface area contributed by atoms with Gasteiger partial charge in [0.2, 0.25) is 0 Å². The summed E-state index contributed by atoms with van der Waals surface area (Å²) < 4.78 is 0. The molecule has 0 heterocycles. The molecule has 2 aromatic rings. The Labute approximate surface area is 133 Å². The van der Waals surface area contributed by atoms with Crippen molar-refractivity contribution in [2.45, 2.75) is 33.1 Å². The maximum Gasteiger partial charge on any atom is 0.0440 e. The highest BCUT2D eigenvalue weighted by Crippen LogP contribution is 2.26. The highest BCUT2D eigenvalue weighted by atomic mass is 35.5. The van der Waals surface area contributed by atoms with E-state index >= 15 is 0 Å². The average Bonchev–Trinajstić information content (AvgIpc) is 2.46. The second-order valence-electron chi connectivity index (χ2n) is 5.71. The third-order valence-corrected chi connectivity index (χ3v) is 4.22. The minimum Gasteiger partial charge on any atom is -0.316 e. The molecule has 112 valence electrons. The Hall–Kier alpha value is -1.31. The number of halogens is 1. The van der Waals surface area contributed by atoms with Gasteiger partial charge in [0.05, 0.1) is 0 Å². The molecule has 21 heavy (non-hydrogen) atoms. The van der Waals surface area contributed by atoms with Crippen LogP contribution >= 0.6 is 11.6 Å². The molecule has 0 amide bonds. The number of hydrogen-bond acceptors (Lipinski definition) is 1. The summed E-state index contributed by atoms with van der Waals surface area (Å²) in [5.41, 5.74) is 5.11. The lowest BCUT2D eigenvalue weighted by Gasteiger charge is -2.19. The lowest BCUT2D eigenvalue weighted by molar-refractivity contribution is 0.595. The van der Waals surface area contributed by atoms with Crippen molar-refractivity contribution >= 4 is 11.6 Å². The molecule has 0 aliphatic rings. The van der Waals surface area contributed by atoms with E-state index in [9.17, 15) is 0 Å². The van der Waals surface area contributed by atoms with Crippen LogP contribution in [-0.4, -0.2) is 13.1 Å². The molecule has 1 unspecified atom stereocenters. The molecule has 1 N–H and O–H groups in total. The van der Waals surface area contributed by atoms with E-state index in [1.165, 1.54) is 22.3 Å². The van der Waals surface area contributed by atoms with Gasteiger partial charge in [0.15, 0.2) is 0 Å². The van der Waals surface area contributed by atoms with Crippen LogP contribution in [0.4, 0.5) is 0 Å². The van der Waals surface area contributed by atoms with Crippen LogP contribution in [0.3, 0.4) is 0 Å². The molecule has 1 atom stereocenters. The largest absolute Gasteiger partial charge is 0.316 e. The van der Waals surface area contributed by atoms with Gasteiger partial charge in [-0.3, -0.25) is 0 Å².